The van der Waals surface area contributed by atoms with Crippen LogP contribution in [0.5, 0.6) is 0 Å². The number of nitrogens with zero attached hydrogens (tertiary/aromatic N) is 3. The molecule has 0 aliphatic heterocycles. The van der Waals surface area contributed by atoms with E-state index in [4.69, 9.17) is 15.0 Å². The zero-order chi connectivity index (χ0) is 38.3. The molecule has 3 nitrogen and oxygen atoms in total. The average Bonchev–Trinajstić information content (AvgIpc) is 3.67. The molecule has 12 rings (SSSR count). The Labute approximate surface area is 338 Å². The van der Waals surface area contributed by atoms with E-state index in [-0.39, 0.29) is 0 Å². The molecule has 0 saturated carbocycles. The van der Waals surface area contributed by atoms with E-state index in [0.29, 0.717) is 17.5 Å². The topological polar surface area (TPSA) is 38.7 Å². The molecule has 0 radical (unpaired) electrons. The number of hydrogen-bond acceptors (Lipinski definition) is 4. The summed E-state index contributed by atoms with van der Waals surface area (Å²) in [4.78, 5) is 15.5. The summed E-state index contributed by atoms with van der Waals surface area (Å²) in [7, 11) is 0. The van der Waals surface area contributed by atoms with E-state index < -0.39 is 0 Å². The first kappa shape index (κ1) is 32.9. The number of hydrogen-bond donors (Lipinski definition) is 0. The number of benzene rings is 10. The van der Waals surface area contributed by atoms with Gasteiger partial charge in [-0.15, -0.1) is 11.3 Å². The smallest absolute Gasteiger partial charge is 0.164 e. The normalized spacial score (nSPS) is 11.9. The Morgan fingerprint density at radius 2 is 0.897 bits per heavy atom. The Morgan fingerprint density at radius 1 is 0.328 bits per heavy atom. The first-order valence-corrected chi connectivity index (χ1v) is 20.5. The van der Waals surface area contributed by atoms with Gasteiger partial charge in [0.15, 0.2) is 17.5 Å². The maximum atomic E-state index is 5.20. The maximum absolute atomic E-state index is 5.20. The van der Waals surface area contributed by atoms with Crippen LogP contribution in [0.3, 0.4) is 0 Å². The molecule has 10 aromatic carbocycles. The van der Waals surface area contributed by atoms with E-state index in [9.17, 15) is 0 Å². The number of thiophene rings is 1. The fourth-order valence-electron chi connectivity index (χ4n) is 8.96. The molecule has 12 aromatic rings. The van der Waals surface area contributed by atoms with Crippen LogP contribution in [0.4, 0.5) is 0 Å². The second-order valence-corrected chi connectivity index (χ2v) is 16.4. The minimum atomic E-state index is 0.642. The van der Waals surface area contributed by atoms with Crippen LogP contribution >= 0.6 is 11.3 Å². The van der Waals surface area contributed by atoms with Crippen LogP contribution in [-0.4, -0.2) is 15.0 Å². The molecule has 2 aromatic heterocycles. The van der Waals surface area contributed by atoms with Crippen molar-refractivity contribution in [2.45, 2.75) is 6.92 Å². The van der Waals surface area contributed by atoms with Crippen LogP contribution in [0.15, 0.2) is 182 Å². The third-order valence-electron chi connectivity index (χ3n) is 11.6. The van der Waals surface area contributed by atoms with E-state index in [0.717, 1.165) is 44.0 Å². The summed E-state index contributed by atoms with van der Waals surface area (Å²) in [5, 5.41) is 12.6. The molecule has 4 heteroatoms. The second kappa shape index (κ2) is 12.9. The quantitative estimate of drug-likeness (QED) is 0.164. The molecular formula is C54H33N3S. The summed E-state index contributed by atoms with van der Waals surface area (Å²) >= 11 is 1.89. The van der Waals surface area contributed by atoms with Gasteiger partial charge in [0.1, 0.15) is 0 Å². The highest BCUT2D eigenvalue weighted by Gasteiger charge is 2.19. The van der Waals surface area contributed by atoms with E-state index in [2.05, 4.69) is 189 Å². The lowest BCUT2D eigenvalue weighted by Crippen LogP contribution is -2.00. The first-order chi connectivity index (χ1) is 28.6. The molecule has 0 unspecified atom stereocenters. The van der Waals surface area contributed by atoms with Crippen molar-refractivity contribution in [2.75, 3.05) is 0 Å². The summed E-state index contributed by atoms with van der Waals surface area (Å²) in [6.07, 6.45) is 0. The lowest BCUT2D eigenvalue weighted by molar-refractivity contribution is 1.08. The summed E-state index contributed by atoms with van der Waals surface area (Å²) in [5.41, 5.74) is 8.79. The van der Waals surface area contributed by atoms with Gasteiger partial charge < -0.3 is 0 Å². The van der Waals surface area contributed by atoms with Crippen LogP contribution in [-0.2, 0) is 0 Å². The van der Waals surface area contributed by atoms with E-state index >= 15 is 0 Å². The third-order valence-corrected chi connectivity index (χ3v) is 12.7. The van der Waals surface area contributed by atoms with Crippen molar-refractivity contribution >= 4 is 74.6 Å². The summed E-state index contributed by atoms with van der Waals surface area (Å²) in [5.74, 6) is 1.95. The van der Waals surface area contributed by atoms with Gasteiger partial charge in [0.25, 0.3) is 0 Å². The third kappa shape index (κ3) is 5.30. The minimum Gasteiger partial charge on any atom is -0.208 e. The molecule has 0 amide bonds. The number of fused-ring (bicyclic) bond motifs is 5. The number of aryl methyl sites for hydroxylation is 1. The predicted octanol–water partition coefficient (Wildman–Crippen LogP) is 14.9. The maximum Gasteiger partial charge on any atom is 0.164 e. The molecule has 270 valence electrons. The van der Waals surface area contributed by atoms with Crippen molar-refractivity contribution < 1.29 is 0 Å². The molecule has 0 N–H and O–H groups in total. The van der Waals surface area contributed by atoms with Crippen molar-refractivity contribution in [3.05, 3.63) is 188 Å². The van der Waals surface area contributed by atoms with Gasteiger partial charge in [-0.05, 0) is 114 Å². The molecule has 0 spiro atoms. The zero-order valence-electron chi connectivity index (χ0n) is 31.6. The first-order valence-electron chi connectivity index (χ1n) is 19.7. The second-order valence-electron chi connectivity index (χ2n) is 15.3. The van der Waals surface area contributed by atoms with Crippen LogP contribution in [0, 0.1) is 6.92 Å². The Balaban J connectivity index is 1.01. The lowest BCUT2D eigenvalue weighted by atomic mass is 9.91. The van der Waals surface area contributed by atoms with Crippen molar-refractivity contribution in [1.29, 1.82) is 0 Å². The summed E-state index contributed by atoms with van der Waals surface area (Å²) < 4.78 is 2.67. The molecule has 0 bridgehead atoms. The fraction of sp³-hybridized carbons (Fsp3) is 0.0185. The number of aromatic nitrogens is 3. The Kier molecular flexibility index (Phi) is 7.31. The van der Waals surface area contributed by atoms with Gasteiger partial charge in [-0.3, -0.25) is 0 Å². The SMILES string of the molecule is Cc1cc(-c2cccc(-c3nc(-c4ccc5ccccc5c4)nc(-c4cccc5ccccc45)n3)c2)cc(-c2cc3sc4cccc5c6ccccc6c(c2)c3c45)c1. The average molecular weight is 756 g/mol. The van der Waals surface area contributed by atoms with Gasteiger partial charge >= 0.3 is 0 Å². The highest BCUT2D eigenvalue weighted by Crippen LogP contribution is 2.47. The van der Waals surface area contributed by atoms with Gasteiger partial charge in [-0.2, -0.15) is 0 Å². The summed E-state index contributed by atoms with van der Waals surface area (Å²) in [6.45, 7) is 2.19. The fourth-order valence-corrected chi connectivity index (χ4v) is 10.2. The van der Waals surface area contributed by atoms with Crippen molar-refractivity contribution in [1.82, 2.24) is 15.0 Å². The monoisotopic (exact) mass is 755 g/mol. The number of rotatable bonds is 5. The molecule has 0 atom stereocenters. The zero-order valence-corrected chi connectivity index (χ0v) is 32.4. The van der Waals surface area contributed by atoms with Gasteiger partial charge in [0, 0.05) is 36.9 Å². The molecule has 0 fully saturated rings. The molecular weight excluding hydrogens is 723 g/mol. The van der Waals surface area contributed by atoms with E-state index in [1.165, 1.54) is 63.8 Å². The lowest BCUT2D eigenvalue weighted by Gasteiger charge is -2.13. The molecule has 58 heavy (non-hydrogen) atoms. The van der Waals surface area contributed by atoms with Crippen LogP contribution < -0.4 is 0 Å². The van der Waals surface area contributed by atoms with Gasteiger partial charge in [0.05, 0.1) is 0 Å². The molecule has 0 aliphatic rings. The van der Waals surface area contributed by atoms with Crippen molar-refractivity contribution in [2.24, 2.45) is 0 Å². The van der Waals surface area contributed by atoms with E-state index in [1.54, 1.807) is 0 Å². The van der Waals surface area contributed by atoms with Crippen molar-refractivity contribution in [3.8, 4) is 56.4 Å². The Bertz CT molecular complexity index is 3590. The molecule has 0 saturated heterocycles. The molecule has 0 aliphatic carbocycles. The van der Waals surface area contributed by atoms with Crippen LogP contribution in [0.2, 0.25) is 0 Å². The van der Waals surface area contributed by atoms with Crippen LogP contribution in [0.25, 0.3) is 120 Å². The summed E-state index contributed by atoms with van der Waals surface area (Å²) in [6, 6.07) is 65.5. The van der Waals surface area contributed by atoms with Crippen molar-refractivity contribution in [3.63, 3.8) is 0 Å². The van der Waals surface area contributed by atoms with Gasteiger partial charge in [-0.25, -0.2) is 15.0 Å². The van der Waals surface area contributed by atoms with Gasteiger partial charge in [0.2, 0.25) is 0 Å². The standard InChI is InChI=1S/C54H33N3S/c1-32-25-39(29-40(26-32)41-30-47-44-19-7-6-18-43(44)45-20-10-22-48-50(45)51(47)49(31-41)58-48)36-15-8-16-37(28-36)52-55-53(38-24-23-33-11-2-3-13-35(33)27-38)57-54(56-52)46-21-9-14-34-12-4-5-17-42(34)46/h2-31H,1H3. The highest BCUT2D eigenvalue weighted by molar-refractivity contribution is 7.26. The Hall–Kier alpha value is -7.27. The highest BCUT2D eigenvalue weighted by atomic mass is 32.1. The minimum absolute atomic E-state index is 0.642. The molecule has 2 heterocycles. The Morgan fingerprint density at radius 3 is 1.74 bits per heavy atom. The van der Waals surface area contributed by atoms with E-state index in [1.807, 2.05) is 11.3 Å². The van der Waals surface area contributed by atoms with Gasteiger partial charge in [-0.1, -0.05) is 146 Å². The van der Waals surface area contributed by atoms with Crippen LogP contribution in [0.1, 0.15) is 5.56 Å². The largest absolute Gasteiger partial charge is 0.208 e. The predicted molar refractivity (Wildman–Crippen MR) is 246 cm³/mol.